The van der Waals surface area contributed by atoms with E-state index in [1.165, 1.54) is 82.3 Å². The molecular weight excluding hydrogens is 448 g/mol. The van der Waals surface area contributed by atoms with Crippen LogP contribution in [0.2, 0.25) is 0 Å². The van der Waals surface area contributed by atoms with E-state index < -0.39 is 10.3 Å². The van der Waals surface area contributed by atoms with E-state index in [4.69, 9.17) is 4.18 Å². The molecule has 0 saturated heterocycles. The molecule has 3 aromatic rings. The first-order valence-electron chi connectivity index (χ1n) is 13.5. The van der Waals surface area contributed by atoms with Crippen LogP contribution in [0.1, 0.15) is 94.1 Å². The predicted molar refractivity (Wildman–Crippen MR) is 145 cm³/mol. The van der Waals surface area contributed by atoms with Gasteiger partial charge in [0.1, 0.15) is 0 Å². The van der Waals surface area contributed by atoms with Gasteiger partial charge in [-0.3, -0.25) is 4.79 Å². The van der Waals surface area contributed by atoms with Crippen molar-refractivity contribution in [2.24, 2.45) is 0 Å². The summed E-state index contributed by atoms with van der Waals surface area (Å²) in [5.41, 5.74) is 2.84. The number of hydrogen-bond donors (Lipinski definition) is 0. The zero-order valence-corrected chi connectivity index (χ0v) is 21.8. The molecule has 35 heavy (non-hydrogen) atoms. The number of carbonyl (C=O) groups excluding carboxylic acids is 1. The summed E-state index contributed by atoms with van der Waals surface area (Å²) in [6.45, 7) is 1.54. The molecule has 2 saturated carbocycles. The van der Waals surface area contributed by atoms with Crippen LogP contribution in [0.25, 0.3) is 0 Å². The molecule has 0 bridgehead atoms. The second-order valence-electron chi connectivity index (χ2n) is 10.3. The molecule has 0 unspecified atom stereocenters. The Morgan fingerprint density at radius 1 is 0.600 bits per heavy atom. The standard InChI is InChI=1S/C32H38O2S/c1-25(33)34-35(30-15-9-4-10-16-30,31-21-17-28(18-22-31)26-11-5-2-6-12-26)32-23-19-29(20-24-32)27-13-7-3-8-14-27/h4,9-10,15-24,26-27H,2-3,5-8,11-14H2,1H3. The molecule has 184 valence electrons. The van der Waals surface area contributed by atoms with Gasteiger partial charge in [-0.05, 0) is 95.4 Å². The maximum Gasteiger partial charge on any atom is 0.313 e. The zero-order valence-electron chi connectivity index (χ0n) is 21.0. The Kier molecular flexibility index (Phi) is 7.63. The molecule has 0 spiro atoms. The lowest BCUT2D eigenvalue weighted by Gasteiger charge is -2.40. The van der Waals surface area contributed by atoms with Crippen molar-refractivity contribution < 1.29 is 8.98 Å². The summed E-state index contributed by atoms with van der Waals surface area (Å²) in [4.78, 5) is 15.8. The van der Waals surface area contributed by atoms with Crippen LogP contribution in [0, 0.1) is 0 Å². The van der Waals surface area contributed by atoms with Crippen LogP contribution in [-0.2, 0) is 8.98 Å². The van der Waals surface area contributed by atoms with Crippen LogP contribution >= 0.6 is 10.3 Å². The lowest BCUT2D eigenvalue weighted by Crippen LogP contribution is -2.12. The van der Waals surface area contributed by atoms with Crippen molar-refractivity contribution >= 4 is 16.3 Å². The summed E-state index contributed by atoms with van der Waals surface area (Å²) in [6.07, 6.45) is 13.1. The van der Waals surface area contributed by atoms with Crippen LogP contribution in [0.3, 0.4) is 0 Å². The van der Waals surface area contributed by atoms with E-state index in [9.17, 15) is 4.79 Å². The monoisotopic (exact) mass is 486 g/mol. The maximum absolute atomic E-state index is 12.6. The fourth-order valence-corrected chi connectivity index (χ4v) is 9.11. The minimum absolute atomic E-state index is 0.239. The van der Waals surface area contributed by atoms with Gasteiger partial charge in [-0.2, -0.15) is 0 Å². The van der Waals surface area contributed by atoms with Crippen molar-refractivity contribution in [2.45, 2.75) is 97.7 Å². The molecule has 3 heteroatoms. The van der Waals surface area contributed by atoms with Crippen molar-refractivity contribution in [1.82, 2.24) is 0 Å². The van der Waals surface area contributed by atoms with Crippen molar-refractivity contribution in [3.05, 3.63) is 90.0 Å². The van der Waals surface area contributed by atoms with Gasteiger partial charge in [-0.25, -0.2) is 0 Å². The normalized spacial score (nSPS) is 18.2. The van der Waals surface area contributed by atoms with Crippen molar-refractivity contribution in [1.29, 1.82) is 0 Å². The Bertz CT molecular complexity index is 1030. The third kappa shape index (κ3) is 5.21. The highest BCUT2D eigenvalue weighted by Crippen LogP contribution is 2.69. The number of hydrogen-bond acceptors (Lipinski definition) is 2. The van der Waals surface area contributed by atoms with Gasteiger partial charge in [-0.1, -0.05) is 81.0 Å². The first-order valence-corrected chi connectivity index (χ1v) is 15.0. The van der Waals surface area contributed by atoms with Crippen molar-refractivity contribution in [3.63, 3.8) is 0 Å². The third-order valence-electron chi connectivity index (χ3n) is 7.89. The summed E-state index contributed by atoms with van der Waals surface area (Å²) in [7, 11) is -2.18. The average Bonchev–Trinajstić information content (AvgIpc) is 2.93. The van der Waals surface area contributed by atoms with E-state index in [0.717, 1.165) is 14.7 Å². The SMILES string of the molecule is CC(=O)OS(c1ccccc1)(c1ccc(C2CCCCC2)cc1)c1ccc(C2CCCCC2)cc1. The molecule has 3 aromatic carbocycles. The summed E-state index contributed by atoms with van der Waals surface area (Å²) in [6, 6.07) is 28.4. The summed E-state index contributed by atoms with van der Waals surface area (Å²) in [5.74, 6) is 1.07. The molecule has 0 amide bonds. The fourth-order valence-electron chi connectivity index (χ4n) is 6.08. The van der Waals surface area contributed by atoms with Crippen molar-refractivity contribution in [3.8, 4) is 0 Å². The van der Waals surface area contributed by atoms with E-state index >= 15 is 0 Å². The Labute approximate surface area is 212 Å². The molecule has 2 aliphatic rings. The Hall–Kier alpha value is -2.52. The first kappa shape index (κ1) is 24.2. The number of benzene rings is 3. The van der Waals surface area contributed by atoms with Gasteiger partial charge in [0, 0.05) is 21.6 Å². The predicted octanol–water partition coefficient (Wildman–Crippen LogP) is 9.54. The Balaban J connectivity index is 1.58. The van der Waals surface area contributed by atoms with Crippen LogP contribution in [0.5, 0.6) is 0 Å². The molecule has 2 nitrogen and oxygen atoms in total. The van der Waals surface area contributed by atoms with Crippen LogP contribution in [-0.4, -0.2) is 5.97 Å². The van der Waals surface area contributed by atoms with Crippen LogP contribution < -0.4 is 0 Å². The quantitative estimate of drug-likeness (QED) is 0.347. The average molecular weight is 487 g/mol. The first-order chi connectivity index (χ1) is 17.2. The molecule has 2 fully saturated rings. The van der Waals surface area contributed by atoms with E-state index in [0.29, 0.717) is 11.8 Å². The highest BCUT2D eigenvalue weighted by atomic mass is 32.3. The number of carbonyl (C=O) groups is 1. The summed E-state index contributed by atoms with van der Waals surface area (Å²) >= 11 is 0. The highest BCUT2D eigenvalue weighted by Gasteiger charge is 2.35. The topological polar surface area (TPSA) is 26.3 Å². The molecule has 0 heterocycles. The van der Waals surface area contributed by atoms with Gasteiger partial charge in [-0.15, -0.1) is 0 Å². The largest absolute Gasteiger partial charge is 0.402 e. The molecule has 0 N–H and O–H groups in total. The summed E-state index contributed by atoms with van der Waals surface area (Å²) < 4.78 is 6.41. The Morgan fingerprint density at radius 3 is 1.40 bits per heavy atom. The summed E-state index contributed by atoms with van der Waals surface area (Å²) in [5, 5.41) is 0. The van der Waals surface area contributed by atoms with Gasteiger partial charge in [0.2, 0.25) is 0 Å². The van der Waals surface area contributed by atoms with Gasteiger partial charge < -0.3 is 4.18 Å². The maximum atomic E-state index is 12.6. The van der Waals surface area contributed by atoms with Gasteiger partial charge in [0.05, 0.1) is 0 Å². The minimum atomic E-state index is -2.18. The van der Waals surface area contributed by atoms with E-state index in [1.54, 1.807) is 0 Å². The third-order valence-corrected chi connectivity index (χ3v) is 11.2. The second-order valence-corrected chi connectivity index (χ2v) is 12.9. The molecule has 0 aromatic heterocycles. The number of rotatable bonds is 6. The molecule has 0 aliphatic heterocycles. The van der Waals surface area contributed by atoms with Gasteiger partial charge in [0.15, 0.2) is 0 Å². The van der Waals surface area contributed by atoms with Gasteiger partial charge in [0.25, 0.3) is 0 Å². The van der Waals surface area contributed by atoms with Crippen molar-refractivity contribution in [2.75, 3.05) is 0 Å². The lowest BCUT2D eigenvalue weighted by molar-refractivity contribution is -0.131. The molecule has 5 rings (SSSR count). The molecule has 0 atom stereocenters. The van der Waals surface area contributed by atoms with E-state index in [-0.39, 0.29) is 5.97 Å². The smallest absolute Gasteiger partial charge is 0.313 e. The molecule has 2 aliphatic carbocycles. The van der Waals surface area contributed by atoms with Crippen LogP contribution in [0.4, 0.5) is 0 Å². The minimum Gasteiger partial charge on any atom is -0.402 e. The van der Waals surface area contributed by atoms with Gasteiger partial charge >= 0.3 is 5.97 Å². The lowest BCUT2D eigenvalue weighted by atomic mass is 9.84. The van der Waals surface area contributed by atoms with E-state index in [2.05, 4.69) is 60.7 Å². The molecular formula is C32H38O2S. The second kappa shape index (κ2) is 11.0. The Morgan fingerprint density at radius 2 is 1.00 bits per heavy atom. The highest BCUT2D eigenvalue weighted by molar-refractivity contribution is 8.30. The zero-order chi connectivity index (χ0) is 24.1. The fraction of sp³-hybridized carbons (Fsp3) is 0.406. The van der Waals surface area contributed by atoms with Crippen LogP contribution in [0.15, 0.2) is 93.5 Å². The van der Waals surface area contributed by atoms with E-state index in [1.807, 2.05) is 18.2 Å². The molecule has 0 radical (unpaired) electrons.